The van der Waals surface area contributed by atoms with Crippen molar-refractivity contribution in [2.45, 2.75) is 17.9 Å². The Morgan fingerprint density at radius 2 is 2.12 bits per heavy atom. The molecule has 2 rings (SSSR count). The lowest BCUT2D eigenvalue weighted by Crippen LogP contribution is -2.34. The molecule has 0 aliphatic carbocycles. The fourth-order valence-electron chi connectivity index (χ4n) is 2.17. The molecule has 8 heteroatoms. The van der Waals surface area contributed by atoms with Crippen LogP contribution in [0.25, 0.3) is 0 Å². The summed E-state index contributed by atoms with van der Waals surface area (Å²) in [6.45, 7) is 4.65. The molecule has 134 valence electrons. The number of halogens is 1. The molecule has 0 unspecified atom stereocenters. The smallest absolute Gasteiger partial charge is 0.240 e. The number of carbonyl (C=O) groups excluding carboxylic acids is 1. The lowest BCUT2D eigenvalue weighted by molar-refractivity contribution is -0.131. The van der Waals surface area contributed by atoms with E-state index in [4.69, 9.17) is 0 Å². The molecule has 1 aromatic heterocycles. The van der Waals surface area contributed by atoms with Crippen molar-refractivity contribution in [1.82, 2.24) is 9.62 Å². The summed E-state index contributed by atoms with van der Waals surface area (Å²) in [5.41, 5.74) is 0. The fraction of sp³-hybridized carbons (Fsp3) is 0.235. The highest BCUT2D eigenvalue weighted by molar-refractivity contribution is 9.10. The molecule has 1 heterocycles. The highest BCUT2D eigenvalue weighted by Crippen LogP contribution is 2.16. The van der Waals surface area contributed by atoms with Gasteiger partial charge >= 0.3 is 0 Å². The van der Waals surface area contributed by atoms with E-state index in [1.165, 1.54) is 12.1 Å². The summed E-state index contributed by atoms with van der Waals surface area (Å²) in [6, 6.07) is 10.3. The van der Waals surface area contributed by atoms with Gasteiger partial charge in [-0.2, -0.15) is 0 Å². The van der Waals surface area contributed by atoms with E-state index in [0.29, 0.717) is 17.6 Å². The van der Waals surface area contributed by atoms with Crippen LogP contribution in [0.3, 0.4) is 0 Å². The van der Waals surface area contributed by atoms with Crippen LogP contribution >= 0.6 is 27.3 Å². The molecule has 0 atom stereocenters. The molecule has 1 amide bonds. The van der Waals surface area contributed by atoms with Gasteiger partial charge in [0.15, 0.2) is 0 Å². The Bertz CT molecular complexity index is 820. The first-order valence-electron chi connectivity index (χ1n) is 7.58. The Balaban J connectivity index is 1.92. The number of hydrogen-bond acceptors (Lipinski definition) is 4. The summed E-state index contributed by atoms with van der Waals surface area (Å²) >= 11 is 4.83. The maximum Gasteiger partial charge on any atom is 0.240 e. The van der Waals surface area contributed by atoms with E-state index in [2.05, 4.69) is 27.2 Å². The number of benzene rings is 1. The van der Waals surface area contributed by atoms with Gasteiger partial charge < -0.3 is 4.90 Å². The van der Waals surface area contributed by atoms with Crippen molar-refractivity contribution in [3.8, 4) is 0 Å². The van der Waals surface area contributed by atoms with Crippen molar-refractivity contribution in [2.75, 3.05) is 13.1 Å². The Hall–Kier alpha value is -1.48. The molecule has 25 heavy (non-hydrogen) atoms. The first-order chi connectivity index (χ1) is 11.9. The van der Waals surface area contributed by atoms with E-state index in [-0.39, 0.29) is 23.8 Å². The summed E-state index contributed by atoms with van der Waals surface area (Å²) < 4.78 is 27.6. The molecule has 1 aromatic carbocycles. The van der Waals surface area contributed by atoms with Gasteiger partial charge in [0.1, 0.15) is 0 Å². The molecule has 0 aliphatic rings. The van der Waals surface area contributed by atoms with Gasteiger partial charge in [-0.15, -0.1) is 17.9 Å². The second-order valence-electron chi connectivity index (χ2n) is 5.25. The summed E-state index contributed by atoms with van der Waals surface area (Å²) in [7, 11) is -3.64. The zero-order chi connectivity index (χ0) is 18.3. The second kappa shape index (κ2) is 9.28. The van der Waals surface area contributed by atoms with Crippen LogP contribution in [-0.2, 0) is 21.4 Å². The van der Waals surface area contributed by atoms with Gasteiger partial charge in [-0.1, -0.05) is 34.1 Å². The minimum Gasteiger partial charge on any atom is -0.334 e. The molecule has 0 spiro atoms. The predicted octanol–water partition coefficient (Wildman–Crippen LogP) is 3.39. The molecule has 0 fully saturated rings. The van der Waals surface area contributed by atoms with Gasteiger partial charge in [0.2, 0.25) is 15.9 Å². The van der Waals surface area contributed by atoms with Crippen LogP contribution in [0.2, 0.25) is 0 Å². The number of nitrogens with one attached hydrogen (secondary N) is 1. The van der Waals surface area contributed by atoms with Crippen LogP contribution in [0.15, 0.2) is 63.8 Å². The minimum atomic E-state index is -3.64. The summed E-state index contributed by atoms with van der Waals surface area (Å²) in [5, 5.41) is 1.96. The van der Waals surface area contributed by atoms with E-state index in [1.807, 2.05) is 17.5 Å². The Labute approximate surface area is 160 Å². The van der Waals surface area contributed by atoms with Gasteiger partial charge in [0.05, 0.1) is 11.4 Å². The quantitative estimate of drug-likeness (QED) is 0.605. The molecule has 0 bridgehead atoms. The molecule has 0 saturated carbocycles. The minimum absolute atomic E-state index is 0.0474. The third-order valence-electron chi connectivity index (χ3n) is 3.37. The number of hydrogen-bond donors (Lipinski definition) is 1. The van der Waals surface area contributed by atoms with Crippen LogP contribution in [0.4, 0.5) is 0 Å². The number of carbonyl (C=O) groups is 1. The molecule has 0 aliphatic heterocycles. The van der Waals surface area contributed by atoms with Gasteiger partial charge in [-0.25, -0.2) is 13.1 Å². The number of sulfonamides is 1. The average molecular weight is 443 g/mol. The molecule has 5 nitrogen and oxygen atoms in total. The normalized spacial score (nSPS) is 11.2. The van der Waals surface area contributed by atoms with E-state index in [0.717, 1.165) is 4.88 Å². The summed E-state index contributed by atoms with van der Waals surface area (Å²) in [6.07, 6.45) is 1.75. The van der Waals surface area contributed by atoms with Crippen molar-refractivity contribution >= 4 is 43.2 Å². The lowest BCUT2D eigenvalue weighted by Gasteiger charge is -2.20. The Morgan fingerprint density at radius 3 is 2.76 bits per heavy atom. The van der Waals surface area contributed by atoms with Crippen molar-refractivity contribution in [1.29, 1.82) is 0 Å². The van der Waals surface area contributed by atoms with Gasteiger partial charge in [-0.05, 0) is 29.6 Å². The number of amides is 1. The van der Waals surface area contributed by atoms with E-state index in [1.54, 1.807) is 34.4 Å². The summed E-state index contributed by atoms with van der Waals surface area (Å²) in [5.74, 6) is -0.120. The highest BCUT2D eigenvalue weighted by Gasteiger charge is 2.17. The first kappa shape index (κ1) is 19.8. The van der Waals surface area contributed by atoms with Crippen LogP contribution in [0.5, 0.6) is 0 Å². The number of nitrogens with zero attached hydrogens (tertiary/aromatic N) is 1. The maximum atomic E-state index is 12.4. The number of rotatable bonds is 9. The van der Waals surface area contributed by atoms with Crippen molar-refractivity contribution in [2.24, 2.45) is 0 Å². The molecule has 0 radical (unpaired) electrons. The lowest BCUT2D eigenvalue weighted by atomic mass is 10.3. The topological polar surface area (TPSA) is 66.5 Å². The van der Waals surface area contributed by atoms with Crippen LogP contribution < -0.4 is 4.72 Å². The first-order valence-corrected chi connectivity index (χ1v) is 10.7. The predicted molar refractivity (Wildman–Crippen MR) is 104 cm³/mol. The average Bonchev–Trinajstić information content (AvgIpc) is 3.07. The van der Waals surface area contributed by atoms with Crippen LogP contribution in [-0.4, -0.2) is 32.3 Å². The molecule has 0 saturated heterocycles. The molecule has 1 N–H and O–H groups in total. The zero-order valence-corrected chi connectivity index (χ0v) is 16.7. The number of thiophene rings is 1. The third kappa shape index (κ3) is 6.07. The summed E-state index contributed by atoms with van der Waals surface area (Å²) in [4.78, 5) is 15.3. The van der Waals surface area contributed by atoms with Crippen LogP contribution in [0.1, 0.15) is 11.3 Å². The van der Waals surface area contributed by atoms with E-state index < -0.39 is 10.0 Å². The zero-order valence-electron chi connectivity index (χ0n) is 13.5. The SMILES string of the molecule is C=CCN(Cc1cccs1)C(=O)CCNS(=O)(=O)c1cccc(Br)c1. The molecule has 2 aromatic rings. The highest BCUT2D eigenvalue weighted by atomic mass is 79.9. The maximum absolute atomic E-state index is 12.4. The third-order valence-corrected chi connectivity index (χ3v) is 6.18. The Kier molecular flexibility index (Phi) is 7.37. The van der Waals surface area contributed by atoms with Gasteiger partial charge in [0, 0.05) is 28.9 Å². The largest absolute Gasteiger partial charge is 0.334 e. The monoisotopic (exact) mass is 442 g/mol. The van der Waals surface area contributed by atoms with Gasteiger partial charge in [0.25, 0.3) is 0 Å². The van der Waals surface area contributed by atoms with E-state index in [9.17, 15) is 13.2 Å². The fourth-order valence-corrected chi connectivity index (χ4v) is 4.52. The van der Waals surface area contributed by atoms with Crippen molar-refractivity contribution < 1.29 is 13.2 Å². The van der Waals surface area contributed by atoms with Crippen LogP contribution in [0, 0.1) is 0 Å². The van der Waals surface area contributed by atoms with Crippen molar-refractivity contribution in [3.05, 3.63) is 63.8 Å². The van der Waals surface area contributed by atoms with Gasteiger partial charge in [-0.3, -0.25) is 4.79 Å². The standard InChI is InChI=1S/C17H19BrN2O3S2/c1-2-10-20(13-15-6-4-11-24-15)17(21)8-9-19-25(22,23)16-7-3-5-14(18)12-16/h2-7,11-12,19H,1,8-10,13H2. The van der Waals surface area contributed by atoms with Crippen molar-refractivity contribution in [3.63, 3.8) is 0 Å². The van der Waals surface area contributed by atoms with E-state index >= 15 is 0 Å². The second-order valence-corrected chi connectivity index (χ2v) is 8.96. The molecular weight excluding hydrogens is 424 g/mol. The molecular formula is C17H19BrN2O3S2. The Morgan fingerprint density at radius 1 is 1.32 bits per heavy atom.